The number of anilines is 1. The normalized spacial score (nSPS) is 16.7. The van der Waals surface area contributed by atoms with Crippen LogP contribution in [0.1, 0.15) is 53.2 Å². The van der Waals surface area contributed by atoms with E-state index in [0.717, 1.165) is 56.8 Å². The topological polar surface area (TPSA) is 118 Å². The second kappa shape index (κ2) is 12.9. The fraction of sp³-hybridized carbons (Fsp3) is 0.593. The van der Waals surface area contributed by atoms with Crippen LogP contribution in [0.4, 0.5) is 10.5 Å². The molecule has 2 aliphatic heterocycles. The first kappa shape index (κ1) is 28.5. The largest absolute Gasteiger partial charge is 0.496 e. The molecule has 1 fully saturated rings. The SMILES string of the molecule is COc1c(C)c2c(c(NC(=O)N(C)C)c1C/C=C(\C)C(CCCN1CCOCC1)CC(=O)O)C(=O)OC2. The summed E-state index contributed by atoms with van der Waals surface area (Å²) in [6, 6.07) is -0.373. The highest BCUT2D eigenvalue weighted by molar-refractivity contribution is 6.05. The van der Waals surface area contributed by atoms with E-state index in [9.17, 15) is 19.5 Å². The third-order valence-corrected chi connectivity index (χ3v) is 7.14. The monoisotopic (exact) mass is 517 g/mol. The minimum atomic E-state index is -0.836. The first-order valence-electron chi connectivity index (χ1n) is 12.7. The van der Waals surface area contributed by atoms with Crippen LogP contribution in [-0.2, 0) is 27.3 Å². The van der Waals surface area contributed by atoms with Crippen LogP contribution >= 0.6 is 0 Å². The van der Waals surface area contributed by atoms with Gasteiger partial charge in [-0.1, -0.05) is 11.6 Å². The number of rotatable bonds is 11. The van der Waals surface area contributed by atoms with Gasteiger partial charge in [-0.15, -0.1) is 0 Å². The number of aliphatic carboxylic acids is 1. The molecule has 1 unspecified atom stereocenters. The minimum absolute atomic E-state index is 0.0440. The second-order valence-electron chi connectivity index (χ2n) is 9.81. The predicted octanol–water partition coefficient (Wildman–Crippen LogP) is 3.46. The number of amides is 2. The van der Waals surface area contributed by atoms with Gasteiger partial charge >= 0.3 is 18.0 Å². The van der Waals surface area contributed by atoms with Crippen LogP contribution in [0.5, 0.6) is 5.75 Å². The molecule has 0 bridgehead atoms. The zero-order valence-corrected chi connectivity index (χ0v) is 22.5. The lowest BCUT2D eigenvalue weighted by molar-refractivity contribution is -0.137. The number of carboxylic acid groups (broad SMARTS) is 1. The molecule has 2 heterocycles. The number of carbonyl (C=O) groups excluding carboxylic acids is 2. The van der Waals surface area contributed by atoms with Crippen molar-refractivity contribution in [3.63, 3.8) is 0 Å². The van der Waals surface area contributed by atoms with Gasteiger partial charge in [0.25, 0.3) is 0 Å². The van der Waals surface area contributed by atoms with E-state index in [2.05, 4.69) is 10.2 Å². The van der Waals surface area contributed by atoms with Gasteiger partial charge in [0.15, 0.2) is 0 Å². The van der Waals surface area contributed by atoms with Crippen LogP contribution in [0, 0.1) is 12.8 Å². The van der Waals surface area contributed by atoms with E-state index in [0.29, 0.717) is 34.5 Å². The van der Waals surface area contributed by atoms with Crippen LogP contribution < -0.4 is 10.1 Å². The first-order chi connectivity index (χ1) is 17.6. The van der Waals surface area contributed by atoms with Gasteiger partial charge in [-0.05, 0) is 51.1 Å². The van der Waals surface area contributed by atoms with Gasteiger partial charge in [0.2, 0.25) is 0 Å². The first-order valence-corrected chi connectivity index (χ1v) is 12.7. The Morgan fingerprint density at radius 1 is 1.27 bits per heavy atom. The maximum atomic E-state index is 12.6. The number of allylic oxidation sites excluding steroid dienone is 2. The smallest absolute Gasteiger partial charge is 0.341 e. The molecule has 204 valence electrons. The standard InChI is InChI=1S/C27H39N3O7/c1-17(19(15-22(31)32)7-6-10-30-11-13-36-14-12-30)8-9-20-24(28-27(34)29(3)4)23-21(16-37-26(23)33)18(2)25(20)35-5/h8,19H,6-7,9-16H2,1-5H3,(H,28,34)(H,31,32)/b17-8+. The average molecular weight is 518 g/mol. The quantitative estimate of drug-likeness (QED) is 0.339. The number of esters is 1. The molecule has 2 aliphatic rings. The van der Waals surface area contributed by atoms with Gasteiger partial charge in [0, 0.05) is 38.3 Å². The van der Waals surface area contributed by atoms with Gasteiger partial charge < -0.3 is 29.5 Å². The molecule has 2 amide bonds. The number of methoxy groups -OCH3 is 1. The lowest BCUT2D eigenvalue weighted by Gasteiger charge is -2.27. The number of ether oxygens (including phenoxy) is 3. The number of benzene rings is 1. The van der Waals surface area contributed by atoms with Gasteiger partial charge in [0.1, 0.15) is 12.4 Å². The number of fused-ring (bicyclic) bond motifs is 1. The lowest BCUT2D eigenvalue weighted by Crippen LogP contribution is -2.37. The number of hydrogen-bond donors (Lipinski definition) is 2. The maximum Gasteiger partial charge on any atom is 0.341 e. The van der Waals surface area contributed by atoms with E-state index in [1.54, 1.807) is 21.2 Å². The molecule has 37 heavy (non-hydrogen) atoms. The summed E-state index contributed by atoms with van der Waals surface area (Å²) in [5.41, 5.74) is 3.84. The molecule has 10 heteroatoms. The summed E-state index contributed by atoms with van der Waals surface area (Å²) in [6.07, 6.45) is 4.03. The van der Waals surface area contributed by atoms with Gasteiger partial charge in [-0.3, -0.25) is 9.69 Å². The Morgan fingerprint density at radius 3 is 2.59 bits per heavy atom. The number of carboxylic acids is 1. The molecule has 10 nitrogen and oxygen atoms in total. The van der Waals surface area contributed by atoms with Crippen LogP contribution in [0.25, 0.3) is 0 Å². The summed E-state index contributed by atoms with van der Waals surface area (Å²) in [5, 5.41) is 12.4. The Morgan fingerprint density at radius 2 is 1.97 bits per heavy atom. The van der Waals surface area contributed by atoms with Crippen molar-refractivity contribution >= 4 is 23.7 Å². The summed E-state index contributed by atoms with van der Waals surface area (Å²) in [6.45, 7) is 8.13. The van der Waals surface area contributed by atoms with E-state index in [-0.39, 0.29) is 25.0 Å². The molecule has 3 rings (SSSR count). The van der Waals surface area contributed by atoms with E-state index < -0.39 is 11.9 Å². The van der Waals surface area contributed by atoms with E-state index in [4.69, 9.17) is 14.2 Å². The Labute approximate surface area is 218 Å². The summed E-state index contributed by atoms with van der Waals surface area (Å²) in [5.74, 6) is -0.859. The molecular weight excluding hydrogens is 478 g/mol. The summed E-state index contributed by atoms with van der Waals surface area (Å²) in [4.78, 5) is 40.6. The van der Waals surface area contributed by atoms with Crippen molar-refractivity contribution in [2.45, 2.75) is 46.1 Å². The van der Waals surface area contributed by atoms with Crippen LogP contribution in [-0.4, -0.2) is 86.9 Å². The molecule has 0 aromatic heterocycles. The highest BCUT2D eigenvalue weighted by atomic mass is 16.5. The average Bonchev–Trinajstić information content (AvgIpc) is 3.25. The van der Waals surface area contributed by atoms with Gasteiger partial charge in [-0.25, -0.2) is 9.59 Å². The summed E-state index contributed by atoms with van der Waals surface area (Å²) < 4.78 is 16.4. The number of morpholine rings is 1. The van der Waals surface area contributed by atoms with Crippen molar-refractivity contribution in [1.29, 1.82) is 0 Å². The van der Waals surface area contributed by atoms with E-state index in [1.165, 1.54) is 4.90 Å². The molecule has 1 atom stereocenters. The Kier molecular flexibility index (Phi) is 9.93. The molecule has 0 saturated carbocycles. The summed E-state index contributed by atoms with van der Waals surface area (Å²) in [7, 11) is 4.80. The van der Waals surface area contributed by atoms with Crippen molar-refractivity contribution in [2.75, 3.05) is 59.4 Å². The zero-order valence-electron chi connectivity index (χ0n) is 22.5. The minimum Gasteiger partial charge on any atom is -0.496 e. The number of cyclic esters (lactones) is 1. The number of hydrogen-bond acceptors (Lipinski definition) is 7. The zero-order chi connectivity index (χ0) is 27.1. The number of nitrogens with one attached hydrogen (secondary N) is 1. The molecule has 1 aromatic carbocycles. The van der Waals surface area contributed by atoms with Crippen molar-refractivity contribution in [1.82, 2.24) is 9.80 Å². The van der Waals surface area contributed by atoms with E-state index >= 15 is 0 Å². The molecule has 0 radical (unpaired) electrons. The Balaban J connectivity index is 1.88. The number of urea groups is 1. The Hall–Kier alpha value is -3.11. The van der Waals surface area contributed by atoms with Crippen molar-refractivity contribution in [2.24, 2.45) is 5.92 Å². The Bertz CT molecular complexity index is 1050. The van der Waals surface area contributed by atoms with Crippen LogP contribution in [0.3, 0.4) is 0 Å². The number of carbonyl (C=O) groups is 3. The molecular formula is C27H39N3O7. The molecule has 0 spiro atoms. The van der Waals surface area contributed by atoms with Crippen LogP contribution in [0.2, 0.25) is 0 Å². The summed E-state index contributed by atoms with van der Waals surface area (Å²) >= 11 is 0. The molecule has 1 aromatic rings. The van der Waals surface area contributed by atoms with Crippen LogP contribution in [0.15, 0.2) is 11.6 Å². The fourth-order valence-corrected chi connectivity index (χ4v) is 4.93. The molecule has 2 N–H and O–H groups in total. The van der Waals surface area contributed by atoms with E-state index in [1.807, 2.05) is 19.9 Å². The highest BCUT2D eigenvalue weighted by Gasteiger charge is 2.33. The van der Waals surface area contributed by atoms with Crippen molar-refractivity contribution in [3.05, 3.63) is 33.9 Å². The van der Waals surface area contributed by atoms with Crippen molar-refractivity contribution < 1.29 is 33.7 Å². The second-order valence-corrected chi connectivity index (χ2v) is 9.81. The number of nitrogens with zero attached hydrogens (tertiary/aromatic N) is 2. The van der Waals surface area contributed by atoms with Gasteiger partial charge in [-0.2, -0.15) is 0 Å². The van der Waals surface area contributed by atoms with Gasteiger partial charge in [0.05, 0.1) is 38.0 Å². The van der Waals surface area contributed by atoms with Crippen molar-refractivity contribution in [3.8, 4) is 5.75 Å². The molecule has 0 aliphatic carbocycles. The lowest BCUT2D eigenvalue weighted by atomic mass is 9.89. The highest BCUT2D eigenvalue weighted by Crippen LogP contribution is 2.41. The third-order valence-electron chi connectivity index (χ3n) is 7.14. The fourth-order valence-electron chi connectivity index (χ4n) is 4.93. The molecule has 1 saturated heterocycles. The third kappa shape index (κ3) is 7.01. The predicted molar refractivity (Wildman–Crippen MR) is 139 cm³/mol. The maximum absolute atomic E-state index is 12.6.